The maximum Gasteiger partial charge on any atom is 0.148 e. The summed E-state index contributed by atoms with van der Waals surface area (Å²) in [7, 11) is 0. The fourth-order valence-corrected chi connectivity index (χ4v) is 3.89. The Morgan fingerprint density at radius 3 is 2.63 bits per heavy atom. The predicted molar refractivity (Wildman–Crippen MR) is 82.1 cm³/mol. The number of hydrogen-bond donors (Lipinski definition) is 0. The number of thioether (sulfide) groups is 1. The van der Waals surface area contributed by atoms with Crippen molar-refractivity contribution in [2.24, 2.45) is 5.41 Å². The van der Waals surface area contributed by atoms with Crippen LogP contribution >= 0.6 is 23.1 Å². The van der Waals surface area contributed by atoms with Crippen molar-refractivity contribution in [3.8, 4) is 0 Å². The molecule has 0 bridgehead atoms. The molecule has 2 rings (SSSR count). The SMILES string of the molecule is Cc1sc2ncnc(SCC(=O)C(C)(C)C)c2c1C. The highest BCUT2D eigenvalue weighted by atomic mass is 32.2. The Balaban J connectivity index is 2.29. The molecule has 2 heterocycles. The summed E-state index contributed by atoms with van der Waals surface area (Å²) < 4.78 is 0. The molecule has 19 heavy (non-hydrogen) atoms. The van der Waals surface area contributed by atoms with Gasteiger partial charge in [0.2, 0.25) is 0 Å². The van der Waals surface area contributed by atoms with Gasteiger partial charge in [0.25, 0.3) is 0 Å². The number of aromatic nitrogens is 2. The molecule has 0 aliphatic heterocycles. The first-order valence-corrected chi connectivity index (χ1v) is 7.97. The van der Waals surface area contributed by atoms with Gasteiger partial charge in [0.1, 0.15) is 22.0 Å². The largest absolute Gasteiger partial charge is 0.298 e. The van der Waals surface area contributed by atoms with Crippen LogP contribution in [-0.4, -0.2) is 21.5 Å². The summed E-state index contributed by atoms with van der Waals surface area (Å²) in [6, 6.07) is 0. The molecular weight excluding hydrogens is 276 g/mol. The van der Waals surface area contributed by atoms with Gasteiger partial charge in [0.05, 0.1) is 5.75 Å². The van der Waals surface area contributed by atoms with Crippen molar-refractivity contribution in [3.63, 3.8) is 0 Å². The number of ketones is 1. The van der Waals surface area contributed by atoms with Crippen LogP contribution in [0.1, 0.15) is 31.2 Å². The maximum atomic E-state index is 12.0. The van der Waals surface area contributed by atoms with Gasteiger partial charge in [-0.15, -0.1) is 11.3 Å². The van der Waals surface area contributed by atoms with E-state index < -0.39 is 0 Å². The molecule has 0 aliphatic carbocycles. The first kappa shape index (κ1) is 14.5. The number of aryl methyl sites for hydroxylation is 2. The van der Waals surface area contributed by atoms with Crippen LogP contribution in [0, 0.1) is 19.3 Å². The summed E-state index contributed by atoms with van der Waals surface area (Å²) in [5.74, 6) is 0.707. The van der Waals surface area contributed by atoms with Gasteiger partial charge in [-0.1, -0.05) is 32.5 Å². The van der Waals surface area contributed by atoms with Gasteiger partial charge < -0.3 is 0 Å². The summed E-state index contributed by atoms with van der Waals surface area (Å²) in [5.41, 5.74) is 0.935. The number of fused-ring (bicyclic) bond motifs is 1. The lowest BCUT2D eigenvalue weighted by molar-refractivity contribution is -0.123. The Hall–Kier alpha value is -0.940. The van der Waals surface area contributed by atoms with E-state index in [1.54, 1.807) is 17.7 Å². The zero-order chi connectivity index (χ0) is 14.2. The lowest BCUT2D eigenvalue weighted by Crippen LogP contribution is -2.22. The molecule has 0 saturated carbocycles. The van der Waals surface area contributed by atoms with E-state index in [0.29, 0.717) is 5.75 Å². The number of nitrogens with zero attached hydrogens (tertiary/aromatic N) is 2. The quantitative estimate of drug-likeness (QED) is 0.633. The number of thiophene rings is 1. The molecule has 2 aromatic rings. The molecule has 0 saturated heterocycles. The number of rotatable bonds is 3. The van der Waals surface area contributed by atoms with Gasteiger partial charge in [0, 0.05) is 15.7 Å². The molecular formula is C14H18N2OS2. The molecule has 0 aromatic carbocycles. The third-order valence-corrected chi connectivity index (χ3v) is 5.21. The zero-order valence-corrected chi connectivity index (χ0v) is 13.5. The smallest absolute Gasteiger partial charge is 0.148 e. The first-order chi connectivity index (χ1) is 8.80. The van der Waals surface area contributed by atoms with Gasteiger partial charge in [0.15, 0.2) is 0 Å². The van der Waals surface area contributed by atoms with Crippen molar-refractivity contribution in [1.82, 2.24) is 9.97 Å². The molecule has 5 heteroatoms. The second-order valence-electron chi connectivity index (χ2n) is 5.60. The average molecular weight is 294 g/mol. The van der Waals surface area contributed by atoms with Crippen molar-refractivity contribution in [2.75, 3.05) is 5.75 Å². The standard InChI is InChI=1S/C14H18N2OS2/c1-8-9(2)19-13-11(8)12(15-7-16-13)18-6-10(17)14(3,4)5/h7H,6H2,1-5H3. The summed E-state index contributed by atoms with van der Waals surface area (Å²) in [6.07, 6.45) is 1.58. The van der Waals surface area contributed by atoms with Gasteiger partial charge in [-0.2, -0.15) is 0 Å². The topological polar surface area (TPSA) is 42.9 Å². The van der Waals surface area contributed by atoms with E-state index in [0.717, 1.165) is 15.2 Å². The summed E-state index contributed by atoms with van der Waals surface area (Å²) in [5, 5.41) is 2.03. The van der Waals surface area contributed by atoms with Crippen molar-refractivity contribution >= 4 is 39.1 Å². The Labute approximate surface area is 121 Å². The highest BCUT2D eigenvalue weighted by molar-refractivity contribution is 8.00. The van der Waals surface area contributed by atoms with Crippen LogP contribution < -0.4 is 0 Å². The minimum absolute atomic E-state index is 0.244. The number of carbonyl (C=O) groups excluding carboxylic acids is 1. The third-order valence-electron chi connectivity index (χ3n) is 3.11. The molecule has 2 aromatic heterocycles. The Kier molecular flexibility index (Phi) is 3.97. The lowest BCUT2D eigenvalue weighted by atomic mass is 9.92. The van der Waals surface area contributed by atoms with E-state index >= 15 is 0 Å². The fraction of sp³-hybridized carbons (Fsp3) is 0.500. The lowest BCUT2D eigenvalue weighted by Gasteiger charge is -2.15. The van der Waals surface area contributed by atoms with Gasteiger partial charge in [-0.3, -0.25) is 4.79 Å². The normalized spacial score (nSPS) is 12.1. The molecule has 0 aliphatic rings. The van der Waals surface area contributed by atoms with Gasteiger partial charge in [-0.05, 0) is 19.4 Å². The minimum atomic E-state index is -0.293. The van der Waals surface area contributed by atoms with Crippen molar-refractivity contribution in [3.05, 3.63) is 16.8 Å². The molecule has 3 nitrogen and oxygen atoms in total. The van der Waals surface area contributed by atoms with Gasteiger partial charge in [-0.25, -0.2) is 9.97 Å². The van der Waals surface area contributed by atoms with Crippen LogP contribution in [0.15, 0.2) is 11.4 Å². The Bertz CT molecular complexity index is 626. The van der Waals surface area contributed by atoms with Crippen molar-refractivity contribution in [1.29, 1.82) is 0 Å². The predicted octanol–water partition coefficient (Wildman–Crippen LogP) is 4.02. The van der Waals surface area contributed by atoms with Crippen LogP contribution in [0.3, 0.4) is 0 Å². The molecule has 0 atom stereocenters. The van der Waals surface area contributed by atoms with Crippen LogP contribution in [0.25, 0.3) is 10.2 Å². The van der Waals surface area contributed by atoms with E-state index in [1.807, 2.05) is 20.8 Å². The van der Waals surface area contributed by atoms with Crippen molar-refractivity contribution in [2.45, 2.75) is 39.6 Å². The van der Waals surface area contributed by atoms with Crippen LogP contribution in [0.2, 0.25) is 0 Å². The monoisotopic (exact) mass is 294 g/mol. The molecule has 0 amide bonds. The molecule has 0 radical (unpaired) electrons. The Morgan fingerprint density at radius 2 is 2.00 bits per heavy atom. The van der Waals surface area contributed by atoms with E-state index in [1.165, 1.54) is 22.2 Å². The second kappa shape index (κ2) is 5.21. The van der Waals surface area contributed by atoms with Crippen LogP contribution in [-0.2, 0) is 4.79 Å². The fourth-order valence-electron chi connectivity index (χ4n) is 1.61. The average Bonchev–Trinajstić information content (AvgIpc) is 2.61. The van der Waals surface area contributed by atoms with Crippen LogP contribution in [0.4, 0.5) is 0 Å². The summed E-state index contributed by atoms with van der Waals surface area (Å²) in [6.45, 7) is 10.0. The molecule has 0 fully saturated rings. The number of hydrogen-bond acceptors (Lipinski definition) is 5. The van der Waals surface area contributed by atoms with E-state index in [-0.39, 0.29) is 11.2 Å². The molecule has 102 valence electrons. The van der Waals surface area contributed by atoms with Gasteiger partial charge >= 0.3 is 0 Å². The number of carbonyl (C=O) groups is 1. The highest BCUT2D eigenvalue weighted by Crippen LogP contribution is 2.34. The van der Waals surface area contributed by atoms with Crippen LogP contribution in [0.5, 0.6) is 0 Å². The maximum absolute atomic E-state index is 12.0. The summed E-state index contributed by atoms with van der Waals surface area (Å²) >= 11 is 3.20. The van der Waals surface area contributed by atoms with E-state index in [4.69, 9.17) is 0 Å². The number of Topliss-reactive ketones (excluding diaryl/α,β-unsaturated/α-hetero) is 1. The third kappa shape index (κ3) is 2.98. The Morgan fingerprint density at radius 1 is 1.32 bits per heavy atom. The van der Waals surface area contributed by atoms with E-state index in [9.17, 15) is 4.79 Å². The molecule has 0 unspecified atom stereocenters. The first-order valence-electron chi connectivity index (χ1n) is 6.17. The highest BCUT2D eigenvalue weighted by Gasteiger charge is 2.22. The second-order valence-corrected chi connectivity index (χ2v) is 7.77. The minimum Gasteiger partial charge on any atom is -0.298 e. The zero-order valence-electron chi connectivity index (χ0n) is 11.9. The summed E-state index contributed by atoms with van der Waals surface area (Å²) in [4.78, 5) is 22.9. The van der Waals surface area contributed by atoms with Crippen molar-refractivity contribution < 1.29 is 4.79 Å². The molecule has 0 spiro atoms. The van der Waals surface area contributed by atoms with E-state index in [2.05, 4.69) is 23.8 Å². The molecule has 0 N–H and O–H groups in total.